The minimum Gasteiger partial charge on any atom is -0.460 e. The van der Waals surface area contributed by atoms with Crippen LogP contribution in [0.5, 0.6) is 0 Å². The molecule has 138 valence electrons. The second-order valence-corrected chi connectivity index (χ2v) is 6.82. The molecule has 0 bridgehead atoms. The van der Waals surface area contributed by atoms with Crippen LogP contribution in [0.1, 0.15) is 37.7 Å². The van der Waals surface area contributed by atoms with Gasteiger partial charge in [0.1, 0.15) is 6.61 Å². The molecule has 2 aliphatic rings. The number of benzene rings is 1. The molecule has 1 atom stereocenters. The molecule has 0 radical (unpaired) electrons. The third-order valence-corrected chi connectivity index (χ3v) is 5.08. The largest absolute Gasteiger partial charge is 0.460 e. The van der Waals surface area contributed by atoms with E-state index < -0.39 is 11.9 Å². The average molecular weight is 376 g/mol. The molecule has 0 amide bonds. The van der Waals surface area contributed by atoms with E-state index in [4.69, 9.17) is 21.1 Å². The van der Waals surface area contributed by atoms with Gasteiger partial charge in [0.05, 0.1) is 12.2 Å². The number of carbonyl (C=O) groups is 2. The molecule has 1 unspecified atom stereocenters. The van der Waals surface area contributed by atoms with Crippen LogP contribution in [0.3, 0.4) is 0 Å². The average Bonchev–Trinajstić information content (AvgIpc) is 2.61. The van der Waals surface area contributed by atoms with E-state index in [0.717, 1.165) is 24.1 Å². The lowest BCUT2D eigenvalue weighted by molar-refractivity contribution is -0.140. The number of ether oxygens (including phenoxy) is 2. The molecule has 1 heterocycles. The van der Waals surface area contributed by atoms with E-state index in [1.165, 1.54) is 0 Å². The topological polar surface area (TPSA) is 64.6 Å². The molecule has 0 aromatic heterocycles. The maximum Gasteiger partial charge on any atom is 0.336 e. The lowest BCUT2D eigenvalue weighted by Gasteiger charge is -2.34. The molecule has 6 heteroatoms. The Morgan fingerprint density at radius 3 is 2.77 bits per heavy atom. The quantitative estimate of drug-likeness (QED) is 0.630. The summed E-state index contributed by atoms with van der Waals surface area (Å²) in [6, 6.07) is 7.33. The number of carbonyl (C=O) groups excluding carboxylic acids is 2. The van der Waals surface area contributed by atoms with Gasteiger partial charge in [-0.15, -0.1) is 0 Å². The van der Waals surface area contributed by atoms with E-state index in [-0.39, 0.29) is 12.4 Å². The number of hydrogen-bond acceptors (Lipinski definition) is 5. The molecule has 1 aliphatic carbocycles. The van der Waals surface area contributed by atoms with Gasteiger partial charge in [-0.2, -0.15) is 0 Å². The van der Waals surface area contributed by atoms with Crippen LogP contribution in [0.15, 0.2) is 46.8 Å². The Hall–Kier alpha value is -2.11. The predicted molar refractivity (Wildman–Crippen MR) is 98.7 cm³/mol. The highest BCUT2D eigenvalue weighted by molar-refractivity contribution is 6.31. The second kappa shape index (κ2) is 8.06. The molecule has 0 fully saturated rings. The van der Waals surface area contributed by atoms with Crippen molar-refractivity contribution in [2.24, 2.45) is 0 Å². The van der Waals surface area contributed by atoms with Crippen molar-refractivity contribution in [3.63, 3.8) is 0 Å². The number of nitrogens with one attached hydrogen (secondary N) is 1. The molecule has 5 nitrogen and oxygen atoms in total. The minimum atomic E-state index is -0.511. The molecule has 1 aliphatic heterocycles. The van der Waals surface area contributed by atoms with E-state index in [0.29, 0.717) is 34.9 Å². The standard InChI is InChI=1S/C20H22ClNO4/c1-12-17(20(24)26-11-10-25-2)18(13-6-3-4-7-14(13)21)19-15(22-12)8-5-9-16(19)23/h3-4,6-7,18,22H,5,8-11H2,1-2H3. The fourth-order valence-electron chi connectivity index (χ4n) is 3.57. The van der Waals surface area contributed by atoms with Gasteiger partial charge in [-0.3, -0.25) is 4.79 Å². The first-order valence-electron chi connectivity index (χ1n) is 8.69. The van der Waals surface area contributed by atoms with E-state index >= 15 is 0 Å². The summed E-state index contributed by atoms with van der Waals surface area (Å²) in [5.74, 6) is -0.914. The first-order valence-corrected chi connectivity index (χ1v) is 9.07. The Morgan fingerprint density at radius 1 is 1.27 bits per heavy atom. The van der Waals surface area contributed by atoms with Crippen molar-refractivity contribution in [1.29, 1.82) is 0 Å². The van der Waals surface area contributed by atoms with Gasteiger partial charge in [-0.25, -0.2) is 4.79 Å². The third kappa shape index (κ3) is 3.55. The Balaban J connectivity index is 2.07. The lowest BCUT2D eigenvalue weighted by atomic mass is 9.75. The summed E-state index contributed by atoms with van der Waals surface area (Å²) in [4.78, 5) is 25.5. The van der Waals surface area contributed by atoms with Gasteiger partial charge in [0.15, 0.2) is 5.78 Å². The fourth-order valence-corrected chi connectivity index (χ4v) is 3.81. The number of esters is 1. The second-order valence-electron chi connectivity index (χ2n) is 6.42. The van der Waals surface area contributed by atoms with Crippen LogP contribution in [0.4, 0.5) is 0 Å². The van der Waals surface area contributed by atoms with Crippen molar-refractivity contribution < 1.29 is 19.1 Å². The van der Waals surface area contributed by atoms with Crippen molar-refractivity contribution in [3.05, 3.63) is 57.4 Å². The molecular formula is C20H22ClNO4. The number of hydrogen-bond donors (Lipinski definition) is 1. The normalized spacial score (nSPS) is 20.0. The van der Waals surface area contributed by atoms with Gasteiger partial charge in [0.25, 0.3) is 0 Å². The highest BCUT2D eigenvalue weighted by atomic mass is 35.5. The maximum absolute atomic E-state index is 12.8. The van der Waals surface area contributed by atoms with Gasteiger partial charge in [0.2, 0.25) is 0 Å². The van der Waals surface area contributed by atoms with E-state index in [9.17, 15) is 9.59 Å². The van der Waals surface area contributed by atoms with Crippen molar-refractivity contribution in [2.75, 3.05) is 20.3 Å². The fraction of sp³-hybridized carbons (Fsp3) is 0.400. The number of halogens is 1. The molecule has 1 aromatic rings. The van der Waals surface area contributed by atoms with Gasteiger partial charge in [0, 0.05) is 41.4 Å². The Labute approximate surface area is 158 Å². The monoisotopic (exact) mass is 375 g/mol. The maximum atomic E-state index is 12.8. The molecule has 0 saturated heterocycles. The summed E-state index contributed by atoms with van der Waals surface area (Å²) >= 11 is 6.43. The Kier molecular flexibility index (Phi) is 5.79. The zero-order valence-electron chi connectivity index (χ0n) is 14.9. The highest BCUT2D eigenvalue weighted by Crippen LogP contribution is 2.44. The summed E-state index contributed by atoms with van der Waals surface area (Å²) in [5, 5.41) is 3.78. The van der Waals surface area contributed by atoms with Gasteiger partial charge in [-0.1, -0.05) is 29.8 Å². The number of allylic oxidation sites excluding steroid dienone is 3. The van der Waals surface area contributed by atoms with Crippen LogP contribution in [-0.2, 0) is 19.1 Å². The number of methoxy groups -OCH3 is 1. The van der Waals surface area contributed by atoms with Crippen LogP contribution in [0.25, 0.3) is 0 Å². The van der Waals surface area contributed by atoms with Crippen LogP contribution in [0, 0.1) is 0 Å². The zero-order valence-corrected chi connectivity index (χ0v) is 15.7. The van der Waals surface area contributed by atoms with Crippen molar-refractivity contribution in [1.82, 2.24) is 5.32 Å². The Morgan fingerprint density at radius 2 is 2.04 bits per heavy atom. The first kappa shape index (κ1) is 18.7. The molecule has 3 rings (SSSR count). The summed E-state index contributed by atoms with van der Waals surface area (Å²) in [6.07, 6.45) is 2.07. The minimum absolute atomic E-state index is 0.0540. The Bertz CT molecular complexity index is 797. The molecule has 1 N–H and O–H groups in total. The summed E-state index contributed by atoms with van der Waals surface area (Å²) in [5.41, 5.74) is 3.40. The van der Waals surface area contributed by atoms with Crippen molar-refractivity contribution in [3.8, 4) is 0 Å². The van der Waals surface area contributed by atoms with Crippen LogP contribution in [-0.4, -0.2) is 32.1 Å². The van der Waals surface area contributed by atoms with E-state index in [1.807, 2.05) is 25.1 Å². The number of dihydropyridines is 1. The predicted octanol–water partition coefficient (Wildman–Crippen LogP) is 3.50. The van der Waals surface area contributed by atoms with Crippen molar-refractivity contribution >= 4 is 23.4 Å². The van der Waals surface area contributed by atoms with E-state index in [1.54, 1.807) is 13.2 Å². The van der Waals surface area contributed by atoms with Crippen LogP contribution in [0.2, 0.25) is 5.02 Å². The number of rotatable bonds is 5. The number of ketones is 1. The van der Waals surface area contributed by atoms with Gasteiger partial charge < -0.3 is 14.8 Å². The van der Waals surface area contributed by atoms with Gasteiger partial charge >= 0.3 is 5.97 Å². The van der Waals surface area contributed by atoms with Crippen molar-refractivity contribution in [2.45, 2.75) is 32.1 Å². The highest BCUT2D eigenvalue weighted by Gasteiger charge is 2.39. The molecule has 0 spiro atoms. The van der Waals surface area contributed by atoms with Crippen LogP contribution >= 0.6 is 11.6 Å². The molecule has 26 heavy (non-hydrogen) atoms. The van der Waals surface area contributed by atoms with Gasteiger partial charge in [-0.05, 0) is 31.4 Å². The smallest absolute Gasteiger partial charge is 0.336 e. The summed E-state index contributed by atoms with van der Waals surface area (Å²) in [7, 11) is 1.55. The first-order chi connectivity index (χ1) is 12.5. The molecule has 0 saturated carbocycles. The van der Waals surface area contributed by atoms with E-state index in [2.05, 4.69) is 5.32 Å². The molecule has 1 aromatic carbocycles. The molecular weight excluding hydrogens is 354 g/mol. The number of Topliss-reactive ketones (excluding diaryl/α,β-unsaturated/α-hetero) is 1. The zero-order chi connectivity index (χ0) is 18.7. The summed E-state index contributed by atoms with van der Waals surface area (Å²) in [6.45, 7) is 2.30. The summed E-state index contributed by atoms with van der Waals surface area (Å²) < 4.78 is 10.3. The van der Waals surface area contributed by atoms with Crippen LogP contribution < -0.4 is 5.32 Å². The lowest BCUT2D eigenvalue weighted by Crippen LogP contribution is -2.34. The third-order valence-electron chi connectivity index (χ3n) is 4.73. The SMILES string of the molecule is COCCOC(=O)C1=C(C)NC2=C(C(=O)CCC2)C1c1ccccc1Cl.